The molecule has 0 radical (unpaired) electrons. The summed E-state index contributed by atoms with van der Waals surface area (Å²) in [6, 6.07) is 0. The van der Waals surface area contributed by atoms with Gasteiger partial charge in [-0.2, -0.15) is 0 Å². The maximum atomic E-state index is 11.4. The maximum Gasteiger partial charge on any atom is 0.407 e. The second kappa shape index (κ2) is 12.7. The minimum absolute atomic E-state index is 0.0698. The van der Waals surface area contributed by atoms with E-state index in [1.54, 1.807) is 0 Å². The van der Waals surface area contributed by atoms with Crippen molar-refractivity contribution in [2.75, 3.05) is 39.6 Å². The Morgan fingerprint density at radius 1 is 1.09 bits per heavy atom. The molecule has 0 aliphatic heterocycles. The van der Waals surface area contributed by atoms with Gasteiger partial charge in [-0.1, -0.05) is 13.3 Å². The Bertz CT molecular complexity index is 278. The fourth-order valence-corrected chi connectivity index (χ4v) is 1.49. The number of nitrogens with one attached hydrogen (secondary N) is 1. The highest BCUT2D eigenvalue weighted by molar-refractivity contribution is 5.67. The first-order chi connectivity index (χ1) is 10.3. The maximum absolute atomic E-state index is 11.4. The van der Waals surface area contributed by atoms with E-state index in [4.69, 9.17) is 18.9 Å². The van der Waals surface area contributed by atoms with Crippen LogP contribution in [0.2, 0.25) is 0 Å². The van der Waals surface area contributed by atoms with Crippen molar-refractivity contribution < 1.29 is 23.7 Å². The van der Waals surface area contributed by atoms with E-state index in [1.165, 1.54) is 0 Å². The third-order valence-electron chi connectivity index (χ3n) is 2.54. The van der Waals surface area contributed by atoms with Crippen molar-refractivity contribution in [3.8, 4) is 0 Å². The molecule has 1 amide bonds. The smallest absolute Gasteiger partial charge is 0.407 e. The van der Waals surface area contributed by atoms with Crippen molar-refractivity contribution in [2.24, 2.45) is 0 Å². The molecule has 0 aliphatic rings. The molecule has 1 atom stereocenters. The second-order valence-electron chi connectivity index (χ2n) is 6.15. The molecule has 0 aromatic carbocycles. The van der Waals surface area contributed by atoms with Crippen LogP contribution >= 0.6 is 0 Å². The molecule has 6 heteroatoms. The van der Waals surface area contributed by atoms with Gasteiger partial charge in [-0.3, -0.25) is 0 Å². The highest BCUT2D eigenvalue weighted by atomic mass is 16.6. The van der Waals surface area contributed by atoms with E-state index in [9.17, 15) is 4.79 Å². The van der Waals surface area contributed by atoms with Crippen molar-refractivity contribution in [3.63, 3.8) is 0 Å². The summed E-state index contributed by atoms with van der Waals surface area (Å²) in [5, 5.41) is 2.63. The molecule has 0 saturated carbocycles. The summed E-state index contributed by atoms with van der Waals surface area (Å²) in [4.78, 5) is 11.4. The van der Waals surface area contributed by atoms with Gasteiger partial charge in [0.1, 0.15) is 5.60 Å². The van der Waals surface area contributed by atoms with Crippen molar-refractivity contribution in [2.45, 2.75) is 59.2 Å². The first kappa shape index (κ1) is 21.1. The number of unbranched alkanes of at least 4 members (excludes halogenated alkanes) is 1. The molecule has 22 heavy (non-hydrogen) atoms. The summed E-state index contributed by atoms with van der Waals surface area (Å²) < 4.78 is 21.5. The van der Waals surface area contributed by atoms with Gasteiger partial charge in [0.05, 0.1) is 32.5 Å². The van der Waals surface area contributed by atoms with Crippen LogP contribution in [-0.2, 0) is 18.9 Å². The Hall–Kier alpha value is -0.850. The second-order valence-corrected chi connectivity index (χ2v) is 6.15. The lowest BCUT2D eigenvalue weighted by molar-refractivity contribution is -0.0298. The zero-order chi connectivity index (χ0) is 16.8. The lowest BCUT2D eigenvalue weighted by Gasteiger charge is -2.19. The predicted octanol–water partition coefficient (Wildman–Crippen LogP) is 2.75. The number of amides is 1. The van der Waals surface area contributed by atoms with Crippen LogP contribution in [-0.4, -0.2) is 57.4 Å². The number of ether oxygens (including phenoxy) is 4. The molecule has 0 spiro atoms. The largest absolute Gasteiger partial charge is 0.444 e. The zero-order valence-electron chi connectivity index (χ0n) is 14.8. The molecule has 0 aromatic heterocycles. The number of hydrogen-bond acceptors (Lipinski definition) is 5. The van der Waals surface area contributed by atoms with Crippen LogP contribution in [0.25, 0.3) is 0 Å². The Morgan fingerprint density at radius 2 is 1.82 bits per heavy atom. The summed E-state index contributed by atoms with van der Waals surface area (Å²) in [6.45, 7) is 12.9. The molecule has 132 valence electrons. The van der Waals surface area contributed by atoms with E-state index >= 15 is 0 Å². The highest BCUT2D eigenvalue weighted by Gasteiger charge is 2.15. The van der Waals surface area contributed by atoms with Crippen molar-refractivity contribution in [3.05, 3.63) is 0 Å². The lowest BCUT2D eigenvalue weighted by atomic mass is 10.2. The van der Waals surface area contributed by atoms with Crippen LogP contribution in [0.15, 0.2) is 0 Å². The summed E-state index contributed by atoms with van der Waals surface area (Å²) in [6.07, 6.45) is 1.87. The zero-order valence-corrected chi connectivity index (χ0v) is 14.8. The van der Waals surface area contributed by atoms with Crippen molar-refractivity contribution in [1.82, 2.24) is 5.32 Å². The first-order valence-electron chi connectivity index (χ1n) is 8.09. The normalized spacial score (nSPS) is 13.0. The summed E-state index contributed by atoms with van der Waals surface area (Å²) in [5.41, 5.74) is -0.478. The van der Waals surface area contributed by atoms with Gasteiger partial charge in [0.15, 0.2) is 0 Å². The Morgan fingerprint density at radius 3 is 2.45 bits per heavy atom. The number of rotatable bonds is 12. The molecule has 1 N–H and O–H groups in total. The Kier molecular flexibility index (Phi) is 12.2. The molecule has 6 nitrogen and oxygen atoms in total. The molecule has 0 heterocycles. The van der Waals surface area contributed by atoms with E-state index in [0.717, 1.165) is 19.4 Å². The van der Waals surface area contributed by atoms with E-state index in [1.807, 2.05) is 27.7 Å². The Balaban J connectivity index is 3.34. The van der Waals surface area contributed by atoms with E-state index in [-0.39, 0.29) is 6.10 Å². The van der Waals surface area contributed by atoms with Gasteiger partial charge >= 0.3 is 6.09 Å². The van der Waals surface area contributed by atoms with Crippen LogP contribution in [0.3, 0.4) is 0 Å². The van der Waals surface area contributed by atoms with E-state index in [2.05, 4.69) is 12.2 Å². The SMILES string of the molecule is CCCCOCC(C)OCCOCCNC(=O)OC(C)(C)C. The van der Waals surface area contributed by atoms with E-state index < -0.39 is 11.7 Å². The fourth-order valence-electron chi connectivity index (χ4n) is 1.49. The minimum atomic E-state index is -0.478. The van der Waals surface area contributed by atoms with Crippen molar-refractivity contribution in [1.29, 1.82) is 0 Å². The molecule has 0 saturated heterocycles. The quantitative estimate of drug-likeness (QED) is 0.560. The molecule has 1 unspecified atom stereocenters. The highest BCUT2D eigenvalue weighted by Crippen LogP contribution is 2.06. The van der Waals surface area contributed by atoms with Crippen LogP contribution in [0, 0.1) is 0 Å². The van der Waals surface area contributed by atoms with Gasteiger partial charge in [-0.05, 0) is 34.1 Å². The van der Waals surface area contributed by atoms with Gasteiger partial charge in [-0.15, -0.1) is 0 Å². The van der Waals surface area contributed by atoms with Gasteiger partial charge in [0.25, 0.3) is 0 Å². The molecular weight excluding hydrogens is 286 g/mol. The third kappa shape index (κ3) is 15.5. The fraction of sp³-hybridized carbons (Fsp3) is 0.938. The summed E-state index contributed by atoms with van der Waals surface area (Å²) >= 11 is 0. The monoisotopic (exact) mass is 319 g/mol. The average Bonchev–Trinajstić information content (AvgIpc) is 2.40. The average molecular weight is 319 g/mol. The topological polar surface area (TPSA) is 66.0 Å². The van der Waals surface area contributed by atoms with Gasteiger partial charge in [0, 0.05) is 13.2 Å². The van der Waals surface area contributed by atoms with Gasteiger partial charge in [-0.25, -0.2) is 4.79 Å². The molecule has 0 aromatic rings. The molecule has 0 rings (SSSR count). The van der Waals surface area contributed by atoms with Gasteiger partial charge < -0.3 is 24.3 Å². The lowest BCUT2D eigenvalue weighted by Crippen LogP contribution is -2.34. The van der Waals surface area contributed by atoms with Crippen LogP contribution in [0.5, 0.6) is 0 Å². The molecular formula is C16H33NO5. The van der Waals surface area contributed by atoms with Crippen LogP contribution < -0.4 is 5.32 Å². The molecule has 0 fully saturated rings. The third-order valence-corrected chi connectivity index (χ3v) is 2.54. The van der Waals surface area contributed by atoms with Gasteiger partial charge in [0.2, 0.25) is 0 Å². The van der Waals surface area contributed by atoms with Crippen molar-refractivity contribution >= 4 is 6.09 Å². The summed E-state index contributed by atoms with van der Waals surface area (Å²) in [7, 11) is 0. The van der Waals surface area contributed by atoms with Crippen LogP contribution in [0.1, 0.15) is 47.5 Å². The number of carbonyl (C=O) groups is 1. The predicted molar refractivity (Wildman–Crippen MR) is 86.2 cm³/mol. The molecule has 0 aliphatic carbocycles. The standard InChI is InChI=1S/C16H33NO5/c1-6-7-9-20-13-14(2)21-12-11-19-10-8-17-15(18)22-16(3,4)5/h14H,6-13H2,1-5H3,(H,17,18). The van der Waals surface area contributed by atoms with E-state index in [0.29, 0.717) is 33.0 Å². The molecule has 0 bridgehead atoms. The number of hydrogen-bond donors (Lipinski definition) is 1. The Labute approximate surface area is 134 Å². The summed E-state index contributed by atoms with van der Waals surface area (Å²) in [5.74, 6) is 0. The van der Waals surface area contributed by atoms with Crippen LogP contribution in [0.4, 0.5) is 4.79 Å². The minimum Gasteiger partial charge on any atom is -0.444 e. The first-order valence-corrected chi connectivity index (χ1v) is 8.09. The number of carbonyl (C=O) groups excluding carboxylic acids is 1. The number of alkyl carbamates (subject to hydrolysis) is 1.